The molecule has 0 saturated heterocycles. The highest BCUT2D eigenvalue weighted by atomic mass is 16.6. The molecular weight excluding hydrogens is 328 g/mol. The van der Waals surface area contributed by atoms with Crippen LogP contribution in [0, 0.1) is 0 Å². The van der Waals surface area contributed by atoms with E-state index in [2.05, 4.69) is 18.7 Å². The molecule has 0 radical (unpaired) electrons. The van der Waals surface area contributed by atoms with Crippen LogP contribution >= 0.6 is 0 Å². The van der Waals surface area contributed by atoms with Gasteiger partial charge >= 0.3 is 0 Å². The van der Waals surface area contributed by atoms with Gasteiger partial charge in [-0.2, -0.15) is 0 Å². The molecule has 1 atom stereocenters. The molecule has 0 aliphatic carbocycles. The van der Waals surface area contributed by atoms with E-state index in [1.807, 2.05) is 48.5 Å². The van der Waals surface area contributed by atoms with Crippen molar-refractivity contribution in [2.45, 2.75) is 20.0 Å². The van der Waals surface area contributed by atoms with Gasteiger partial charge in [-0.1, -0.05) is 12.1 Å². The third kappa shape index (κ3) is 3.93. The SMILES string of the molecule is CCN(CC)c1ccc(C(=O)N(C)CC2COc3ccccc3O2)cc1. The van der Waals surface area contributed by atoms with Crippen LogP contribution in [0.5, 0.6) is 11.5 Å². The molecule has 3 rings (SSSR count). The highest BCUT2D eigenvalue weighted by Gasteiger charge is 2.24. The molecule has 5 heteroatoms. The number of nitrogens with zero attached hydrogens (tertiary/aromatic N) is 2. The fourth-order valence-corrected chi connectivity index (χ4v) is 3.17. The number of hydrogen-bond acceptors (Lipinski definition) is 4. The Kier molecular flexibility index (Phi) is 5.66. The predicted molar refractivity (Wildman–Crippen MR) is 103 cm³/mol. The quantitative estimate of drug-likeness (QED) is 0.797. The molecule has 1 aliphatic rings. The van der Waals surface area contributed by atoms with Crippen LogP contribution in [0.15, 0.2) is 48.5 Å². The van der Waals surface area contributed by atoms with Gasteiger partial charge in [0.05, 0.1) is 6.54 Å². The molecule has 0 saturated carbocycles. The van der Waals surface area contributed by atoms with Crippen molar-refractivity contribution in [3.63, 3.8) is 0 Å². The lowest BCUT2D eigenvalue weighted by atomic mass is 10.1. The predicted octanol–water partition coefficient (Wildman–Crippen LogP) is 3.44. The Morgan fingerprint density at radius 2 is 1.69 bits per heavy atom. The van der Waals surface area contributed by atoms with Crippen molar-refractivity contribution in [1.29, 1.82) is 0 Å². The van der Waals surface area contributed by atoms with Gasteiger partial charge in [0.15, 0.2) is 17.6 Å². The molecule has 0 spiro atoms. The number of para-hydroxylation sites is 2. The maximum Gasteiger partial charge on any atom is 0.253 e. The van der Waals surface area contributed by atoms with Gasteiger partial charge in [-0.3, -0.25) is 4.79 Å². The molecule has 2 aromatic rings. The van der Waals surface area contributed by atoms with E-state index in [4.69, 9.17) is 9.47 Å². The van der Waals surface area contributed by atoms with E-state index in [1.165, 1.54) is 0 Å². The van der Waals surface area contributed by atoms with Crippen molar-refractivity contribution in [1.82, 2.24) is 4.90 Å². The summed E-state index contributed by atoms with van der Waals surface area (Å²) in [6.45, 7) is 7.07. The van der Waals surface area contributed by atoms with E-state index in [0.29, 0.717) is 18.7 Å². The largest absolute Gasteiger partial charge is 0.486 e. The molecular formula is C21H26N2O3. The fourth-order valence-electron chi connectivity index (χ4n) is 3.17. The van der Waals surface area contributed by atoms with Crippen LogP contribution in [-0.2, 0) is 0 Å². The topological polar surface area (TPSA) is 42.0 Å². The second-order valence-corrected chi connectivity index (χ2v) is 6.40. The first-order valence-electron chi connectivity index (χ1n) is 9.11. The minimum absolute atomic E-state index is 0.0152. The molecule has 1 aliphatic heterocycles. The average molecular weight is 354 g/mol. The molecule has 0 aromatic heterocycles. The number of likely N-dealkylation sites (N-methyl/N-ethyl adjacent to an activating group) is 1. The van der Waals surface area contributed by atoms with Crippen LogP contribution in [0.25, 0.3) is 0 Å². The van der Waals surface area contributed by atoms with Crippen molar-refractivity contribution in [3.05, 3.63) is 54.1 Å². The normalized spacial score (nSPS) is 15.4. The standard InChI is InChI=1S/C21H26N2O3/c1-4-23(5-2)17-12-10-16(11-13-17)21(24)22(3)14-18-15-25-19-8-6-7-9-20(19)26-18/h6-13,18H,4-5,14-15H2,1-3H3. The Morgan fingerprint density at radius 3 is 2.35 bits per heavy atom. The first kappa shape index (κ1) is 18.1. The summed E-state index contributed by atoms with van der Waals surface area (Å²) < 4.78 is 11.7. The maximum absolute atomic E-state index is 12.7. The first-order chi connectivity index (χ1) is 12.6. The lowest BCUT2D eigenvalue weighted by Crippen LogP contribution is -2.41. The monoisotopic (exact) mass is 354 g/mol. The van der Waals surface area contributed by atoms with Crippen molar-refractivity contribution in [3.8, 4) is 11.5 Å². The van der Waals surface area contributed by atoms with E-state index in [0.717, 1.165) is 30.3 Å². The summed E-state index contributed by atoms with van der Waals surface area (Å²) in [7, 11) is 1.80. The number of fused-ring (bicyclic) bond motifs is 1. The number of amides is 1. The summed E-state index contributed by atoms with van der Waals surface area (Å²) in [6, 6.07) is 15.4. The van der Waals surface area contributed by atoms with Gasteiger partial charge in [-0.15, -0.1) is 0 Å². The minimum atomic E-state index is -0.172. The van der Waals surface area contributed by atoms with Crippen molar-refractivity contribution < 1.29 is 14.3 Å². The minimum Gasteiger partial charge on any atom is -0.486 e. The second-order valence-electron chi connectivity index (χ2n) is 6.40. The van der Waals surface area contributed by atoms with Crippen LogP contribution in [0.4, 0.5) is 5.69 Å². The Bertz CT molecular complexity index is 741. The van der Waals surface area contributed by atoms with Gasteiger partial charge in [0.25, 0.3) is 5.91 Å². The van der Waals surface area contributed by atoms with Gasteiger partial charge in [0, 0.05) is 31.4 Å². The van der Waals surface area contributed by atoms with Gasteiger partial charge in [0.1, 0.15) is 6.61 Å². The molecule has 5 nitrogen and oxygen atoms in total. The number of rotatable bonds is 6. The molecule has 1 amide bonds. The Morgan fingerprint density at radius 1 is 1.04 bits per heavy atom. The molecule has 2 aromatic carbocycles. The van der Waals surface area contributed by atoms with Gasteiger partial charge < -0.3 is 19.3 Å². The molecule has 1 unspecified atom stereocenters. The lowest BCUT2D eigenvalue weighted by molar-refractivity contribution is 0.0521. The molecule has 0 N–H and O–H groups in total. The molecule has 0 bridgehead atoms. The number of carbonyl (C=O) groups is 1. The number of ether oxygens (including phenoxy) is 2. The number of hydrogen-bond donors (Lipinski definition) is 0. The molecule has 26 heavy (non-hydrogen) atoms. The number of benzene rings is 2. The first-order valence-corrected chi connectivity index (χ1v) is 9.11. The third-order valence-electron chi connectivity index (χ3n) is 4.63. The van der Waals surface area contributed by atoms with Crippen molar-refractivity contribution >= 4 is 11.6 Å². The van der Waals surface area contributed by atoms with Gasteiger partial charge in [-0.25, -0.2) is 0 Å². The van der Waals surface area contributed by atoms with Crippen LogP contribution in [0.3, 0.4) is 0 Å². The summed E-state index contributed by atoms with van der Waals surface area (Å²) in [5, 5.41) is 0. The zero-order valence-electron chi connectivity index (χ0n) is 15.6. The lowest BCUT2D eigenvalue weighted by Gasteiger charge is -2.29. The number of anilines is 1. The summed E-state index contributed by atoms with van der Waals surface area (Å²) in [5.74, 6) is 1.47. The maximum atomic E-state index is 12.7. The zero-order chi connectivity index (χ0) is 18.5. The van der Waals surface area contributed by atoms with Crippen molar-refractivity contribution in [2.24, 2.45) is 0 Å². The number of carbonyl (C=O) groups excluding carboxylic acids is 1. The highest BCUT2D eigenvalue weighted by molar-refractivity contribution is 5.94. The Balaban J connectivity index is 1.61. The van der Waals surface area contributed by atoms with Crippen LogP contribution < -0.4 is 14.4 Å². The molecule has 1 heterocycles. The highest BCUT2D eigenvalue weighted by Crippen LogP contribution is 2.31. The van der Waals surface area contributed by atoms with E-state index in [9.17, 15) is 4.79 Å². The summed E-state index contributed by atoms with van der Waals surface area (Å²) >= 11 is 0. The van der Waals surface area contributed by atoms with Gasteiger partial charge in [-0.05, 0) is 50.2 Å². The molecule has 138 valence electrons. The average Bonchev–Trinajstić information content (AvgIpc) is 2.69. The van der Waals surface area contributed by atoms with E-state index < -0.39 is 0 Å². The Labute approximate surface area is 155 Å². The smallest absolute Gasteiger partial charge is 0.253 e. The zero-order valence-corrected chi connectivity index (χ0v) is 15.6. The van der Waals surface area contributed by atoms with E-state index in [1.54, 1.807) is 11.9 Å². The summed E-state index contributed by atoms with van der Waals surface area (Å²) in [6.07, 6.45) is -0.172. The fraction of sp³-hybridized carbons (Fsp3) is 0.381. The second kappa shape index (κ2) is 8.13. The van der Waals surface area contributed by atoms with Crippen LogP contribution in [-0.4, -0.2) is 50.2 Å². The van der Waals surface area contributed by atoms with Crippen molar-refractivity contribution in [2.75, 3.05) is 38.2 Å². The van der Waals surface area contributed by atoms with E-state index >= 15 is 0 Å². The summed E-state index contributed by atoms with van der Waals surface area (Å²) in [4.78, 5) is 16.6. The third-order valence-corrected chi connectivity index (χ3v) is 4.63. The van der Waals surface area contributed by atoms with Crippen LogP contribution in [0.2, 0.25) is 0 Å². The Hall–Kier alpha value is -2.69. The van der Waals surface area contributed by atoms with E-state index in [-0.39, 0.29) is 12.0 Å². The van der Waals surface area contributed by atoms with Gasteiger partial charge in [0.2, 0.25) is 0 Å². The molecule has 0 fully saturated rings. The van der Waals surface area contributed by atoms with Crippen LogP contribution in [0.1, 0.15) is 24.2 Å². The summed E-state index contributed by atoms with van der Waals surface area (Å²) in [5.41, 5.74) is 1.82.